The number of hydrogen-bond acceptors (Lipinski definition) is 7. The van der Waals surface area contributed by atoms with E-state index in [0.29, 0.717) is 24.1 Å². The van der Waals surface area contributed by atoms with E-state index in [1.165, 1.54) is 4.90 Å². The van der Waals surface area contributed by atoms with E-state index in [4.69, 9.17) is 4.42 Å². The number of carbonyl (C=O) groups is 2. The monoisotopic (exact) mass is 304 g/mol. The highest BCUT2D eigenvalue weighted by Crippen LogP contribution is 2.23. The standard InChI is InChI=1S/C13H12N4O3S/c18-10-4-2-6-17(10)11(19)8-21-13-16-15-12(20-13)9-3-1-5-14-7-9/h1,3,5,7H,2,4,6,8H2. The molecule has 2 aromatic rings. The molecule has 0 bridgehead atoms. The summed E-state index contributed by atoms with van der Waals surface area (Å²) in [4.78, 5) is 28.6. The predicted molar refractivity (Wildman–Crippen MR) is 74.2 cm³/mol. The molecule has 1 saturated heterocycles. The summed E-state index contributed by atoms with van der Waals surface area (Å²) in [5.74, 6) is 0.140. The summed E-state index contributed by atoms with van der Waals surface area (Å²) < 4.78 is 5.45. The molecule has 3 rings (SSSR count). The molecule has 1 aliphatic heterocycles. The Hall–Kier alpha value is -2.22. The van der Waals surface area contributed by atoms with Crippen LogP contribution in [0.15, 0.2) is 34.2 Å². The highest BCUT2D eigenvalue weighted by atomic mass is 32.2. The predicted octanol–water partition coefficient (Wildman–Crippen LogP) is 1.37. The second kappa shape index (κ2) is 6.04. The van der Waals surface area contributed by atoms with Crippen LogP contribution in [0.1, 0.15) is 12.8 Å². The Labute approximate surface area is 124 Å². The first-order chi connectivity index (χ1) is 10.2. The van der Waals surface area contributed by atoms with Crippen LogP contribution in [-0.2, 0) is 9.59 Å². The summed E-state index contributed by atoms with van der Waals surface area (Å²) in [6, 6.07) is 3.58. The molecular weight excluding hydrogens is 292 g/mol. The molecule has 0 aliphatic carbocycles. The highest BCUT2D eigenvalue weighted by Gasteiger charge is 2.26. The van der Waals surface area contributed by atoms with Gasteiger partial charge in [0.15, 0.2) is 0 Å². The van der Waals surface area contributed by atoms with Gasteiger partial charge in [0.2, 0.25) is 17.7 Å². The maximum absolute atomic E-state index is 11.9. The van der Waals surface area contributed by atoms with Crippen LogP contribution in [0.2, 0.25) is 0 Å². The minimum Gasteiger partial charge on any atom is -0.411 e. The van der Waals surface area contributed by atoms with Crippen molar-refractivity contribution in [1.82, 2.24) is 20.1 Å². The Bertz CT molecular complexity index is 658. The molecule has 0 atom stereocenters. The topological polar surface area (TPSA) is 89.2 Å². The Balaban J connectivity index is 1.60. The van der Waals surface area contributed by atoms with Crippen molar-refractivity contribution in [1.29, 1.82) is 0 Å². The molecule has 0 N–H and O–H groups in total. The first kappa shape index (κ1) is 13.7. The third-order valence-corrected chi connectivity index (χ3v) is 3.81. The van der Waals surface area contributed by atoms with Crippen LogP contribution in [0.3, 0.4) is 0 Å². The van der Waals surface area contributed by atoms with Crippen LogP contribution < -0.4 is 0 Å². The number of pyridine rings is 1. The molecule has 0 saturated carbocycles. The zero-order valence-electron chi connectivity index (χ0n) is 11.1. The molecule has 21 heavy (non-hydrogen) atoms. The number of aromatic nitrogens is 3. The summed E-state index contributed by atoms with van der Waals surface area (Å²) in [6.45, 7) is 0.503. The van der Waals surface area contributed by atoms with Crippen LogP contribution >= 0.6 is 11.8 Å². The zero-order valence-corrected chi connectivity index (χ0v) is 11.9. The van der Waals surface area contributed by atoms with Gasteiger partial charge in [-0.25, -0.2) is 0 Å². The van der Waals surface area contributed by atoms with Crippen LogP contribution in [0.5, 0.6) is 0 Å². The minimum absolute atomic E-state index is 0.109. The number of rotatable bonds is 4. The fourth-order valence-corrected chi connectivity index (χ4v) is 2.63. The number of amides is 2. The van der Waals surface area contributed by atoms with Crippen molar-refractivity contribution in [3.8, 4) is 11.5 Å². The second-order valence-electron chi connectivity index (χ2n) is 4.45. The van der Waals surface area contributed by atoms with Crippen LogP contribution in [0.25, 0.3) is 11.5 Å². The van der Waals surface area contributed by atoms with Gasteiger partial charge in [-0.05, 0) is 18.6 Å². The molecule has 0 radical (unpaired) electrons. The lowest BCUT2D eigenvalue weighted by atomic mass is 10.3. The molecule has 3 heterocycles. The number of imide groups is 1. The molecule has 0 unspecified atom stereocenters. The molecule has 0 aromatic carbocycles. The first-order valence-corrected chi connectivity index (χ1v) is 7.42. The van der Waals surface area contributed by atoms with Crippen LogP contribution in [-0.4, -0.2) is 44.2 Å². The fourth-order valence-electron chi connectivity index (χ4n) is 1.99. The average Bonchev–Trinajstić information content (AvgIpc) is 3.15. The smallest absolute Gasteiger partial charge is 0.277 e. The van der Waals surface area contributed by atoms with Gasteiger partial charge in [-0.1, -0.05) is 11.8 Å². The molecule has 7 nitrogen and oxygen atoms in total. The summed E-state index contributed by atoms with van der Waals surface area (Å²) in [5, 5.41) is 8.08. The van der Waals surface area contributed by atoms with Crippen LogP contribution in [0.4, 0.5) is 0 Å². The van der Waals surface area contributed by atoms with Crippen molar-refractivity contribution in [3.05, 3.63) is 24.5 Å². The molecular formula is C13H12N4O3S. The van der Waals surface area contributed by atoms with Gasteiger partial charge in [0.05, 0.1) is 11.3 Å². The third kappa shape index (κ3) is 3.10. The van der Waals surface area contributed by atoms with E-state index in [9.17, 15) is 9.59 Å². The Morgan fingerprint density at radius 3 is 3.05 bits per heavy atom. The maximum atomic E-state index is 11.9. The van der Waals surface area contributed by atoms with Gasteiger partial charge in [0.1, 0.15) is 0 Å². The lowest BCUT2D eigenvalue weighted by Gasteiger charge is -2.11. The van der Waals surface area contributed by atoms with E-state index >= 15 is 0 Å². The van der Waals surface area contributed by atoms with E-state index < -0.39 is 0 Å². The van der Waals surface area contributed by atoms with E-state index in [1.54, 1.807) is 18.5 Å². The quantitative estimate of drug-likeness (QED) is 0.788. The number of hydrogen-bond donors (Lipinski definition) is 0. The number of carbonyl (C=O) groups excluding carboxylic acids is 2. The van der Waals surface area contributed by atoms with Gasteiger partial charge in [-0.15, -0.1) is 10.2 Å². The van der Waals surface area contributed by atoms with Crippen LogP contribution in [0, 0.1) is 0 Å². The minimum atomic E-state index is -0.219. The SMILES string of the molecule is O=C1CCCN1C(=O)CSc1nnc(-c2cccnc2)o1. The number of likely N-dealkylation sites (tertiary alicyclic amines) is 1. The van der Waals surface area contributed by atoms with Crippen molar-refractivity contribution in [2.75, 3.05) is 12.3 Å². The first-order valence-electron chi connectivity index (χ1n) is 6.44. The molecule has 2 aromatic heterocycles. The maximum Gasteiger partial charge on any atom is 0.277 e. The van der Waals surface area contributed by atoms with Gasteiger partial charge in [-0.2, -0.15) is 0 Å². The third-order valence-electron chi connectivity index (χ3n) is 3.01. The Kier molecular flexibility index (Phi) is 3.96. The molecule has 8 heteroatoms. The van der Waals surface area contributed by atoms with Crippen molar-refractivity contribution in [2.24, 2.45) is 0 Å². The van der Waals surface area contributed by atoms with Crippen molar-refractivity contribution < 1.29 is 14.0 Å². The summed E-state index contributed by atoms with van der Waals surface area (Å²) >= 11 is 1.13. The number of thioether (sulfide) groups is 1. The lowest BCUT2D eigenvalue weighted by Crippen LogP contribution is -2.33. The van der Waals surface area contributed by atoms with Gasteiger partial charge in [0.25, 0.3) is 5.22 Å². The van der Waals surface area contributed by atoms with Gasteiger partial charge >= 0.3 is 0 Å². The summed E-state index contributed by atoms with van der Waals surface area (Å²) in [6.07, 6.45) is 4.46. The van der Waals surface area contributed by atoms with Gasteiger partial charge < -0.3 is 4.42 Å². The van der Waals surface area contributed by atoms with E-state index in [-0.39, 0.29) is 17.6 Å². The largest absolute Gasteiger partial charge is 0.411 e. The van der Waals surface area contributed by atoms with Crippen molar-refractivity contribution in [3.63, 3.8) is 0 Å². The summed E-state index contributed by atoms with van der Waals surface area (Å²) in [5.41, 5.74) is 0.720. The molecule has 1 fully saturated rings. The van der Waals surface area contributed by atoms with E-state index in [2.05, 4.69) is 15.2 Å². The zero-order chi connectivity index (χ0) is 14.7. The molecule has 108 valence electrons. The lowest BCUT2D eigenvalue weighted by molar-refractivity contribution is -0.140. The van der Waals surface area contributed by atoms with Gasteiger partial charge in [-0.3, -0.25) is 19.5 Å². The molecule has 1 aliphatic rings. The second-order valence-corrected chi connectivity index (χ2v) is 5.37. The van der Waals surface area contributed by atoms with Gasteiger partial charge in [0, 0.05) is 25.4 Å². The van der Waals surface area contributed by atoms with E-state index in [1.807, 2.05) is 6.07 Å². The molecule has 0 spiro atoms. The highest BCUT2D eigenvalue weighted by molar-refractivity contribution is 7.99. The summed E-state index contributed by atoms with van der Waals surface area (Å²) in [7, 11) is 0. The average molecular weight is 304 g/mol. The van der Waals surface area contributed by atoms with Crippen molar-refractivity contribution in [2.45, 2.75) is 18.1 Å². The normalized spacial score (nSPS) is 14.7. The Morgan fingerprint density at radius 1 is 1.43 bits per heavy atom. The van der Waals surface area contributed by atoms with Crippen molar-refractivity contribution >= 4 is 23.6 Å². The van der Waals surface area contributed by atoms with E-state index in [0.717, 1.165) is 23.7 Å². The fraction of sp³-hybridized carbons (Fsp3) is 0.308. The number of nitrogens with zero attached hydrogens (tertiary/aromatic N) is 4. The Morgan fingerprint density at radius 2 is 2.33 bits per heavy atom. The molecule has 2 amide bonds.